The highest BCUT2D eigenvalue weighted by atomic mass is 32.2. The molecule has 0 fully saturated rings. The average molecular weight is 501 g/mol. The molecule has 1 aliphatic heterocycles. The van der Waals surface area contributed by atoms with E-state index in [2.05, 4.69) is 11.4 Å². The van der Waals surface area contributed by atoms with Gasteiger partial charge in [0.1, 0.15) is 19.8 Å². The number of aryl methyl sites for hydroxylation is 2. The summed E-state index contributed by atoms with van der Waals surface area (Å²) in [4.78, 5) is 13.4. The SMILES string of the molecule is O=C(CN(c1ccc2c(c1)OCCO2)S(=O)(=O)c1ccccc1)Nc1ccc2c3c(cccc13)CC2. The van der Waals surface area contributed by atoms with E-state index < -0.39 is 22.5 Å². The van der Waals surface area contributed by atoms with Gasteiger partial charge >= 0.3 is 0 Å². The Hall–Kier alpha value is -4.04. The van der Waals surface area contributed by atoms with Gasteiger partial charge in [0.05, 0.1) is 10.6 Å². The number of fused-ring (bicyclic) bond motifs is 1. The van der Waals surface area contributed by atoms with E-state index >= 15 is 0 Å². The van der Waals surface area contributed by atoms with Gasteiger partial charge in [0.15, 0.2) is 11.5 Å². The average Bonchev–Trinajstić information content (AvgIpc) is 3.33. The van der Waals surface area contributed by atoms with Crippen molar-refractivity contribution in [3.63, 3.8) is 0 Å². The number of benzene rings is 4. The van der Waals surface area contributed by atoms with Crippen LogP contribution in [0.15, 0.2) is 83.8 Å². The van der Waals surface area contributed by atoms with Crippen molar-refractivity contribution in [1.82, 2.24) is 0 Å². The lowest BCUT2D eigenvalue weighted by Gasteiger charge is -2.26. The summed E-state index contributed by atoms with van der Waals surface area (Å²) in [5.74, 6) is 0.544. The summed E-state index contributed by atoms with van der Waals surface area (Å²) in [6, 6.07) is 23.0. The highest BCUT2D eigenvalue weighted by Crippen LogP contribution is 2.37. The third-order valence-electron chi connectivity index (χ3n) is 6.58. The van der Waals surface area contributed by atoms with E-state index in [0.29, 0.717) is 36.1 Å². The van der Waals surface area contributed by atoms with Crippen molar-refractivity contribution in [2.45, 2.75) is 17.7 Å². The highest BCUT2D eigenvalue weighted by molar-refractivity contribution is 7.92. The lowest BCUT2D eigenvalue weighted by atomic mass is 10.0. The Balaban J connectivity index is 1.35. The summed E-state index contributed by atoms with van der Waals surface area (Å²) in [6.45, 7) is 0.391. The Kier molecular flexibility index (Phi) is 5.53. The van der Waals surface area contributed by atoms with Crippen LogP contribution in [0.3, 0.4) is 0 Å². The zero-order valence-electron chi connectivity index (χ0n) is 19.4. The standard InChI is InChI=1S/C28H24N2O5S/c31-27(29-24-13-11-20-10-9-19-5-4-8-23(24)28(19)20)18-30(36(32,33)22-6-2-1-3-7-22)21-12-14-25-26(17-21)35-16-15-34-25/h1-8,11-14,17H,9-10,15-16,18H2,(H,29,31). The first-order valence-corrected chi connectivity index (χ1v) is 13.3. The Bertz CT molecular complexity index is 1570. The van der Waals surface area contributed by atoms with Gasteiger partial charge in [0.2, 0.25) is 5.91 Å². The smallest absolute Gasteiger partial charge is 0.264 e. The minimum Gasteiger partial charge on any atom is -0.486 e. The molecule has 1 aliphatic carbocycles. The van der Waals surface area contributed by atoms with Crippen molar-refractivity contribution in [2.24, 2.45) is 0 Å². The number of sulfonamides is 1. The number of carbonyl (C=O) groups excluding carboxylic acids is 1. The van der Waals surface area contributed by atoms with Crippen LogP contribution >= 0.6 is 0 Å². The molecule has 2 aliphatic rings. The van der Waals surface area contributed by atoms with Crippen molar-refractivity contribution >= 4 is 38.1 Å². The lowest BCUT2D eigenvalue weighted by molar-refractivity contribution is -0.114. The fourth-order valence-corrected chi connectivity index (χ4v) is 6.33. The van der Waals surface area contributed by atoms with E-state index in [4.69, 9.17) is 9.47 Å². The molecule has 36 heavy (non-hydrogen) atoms. The summed E-state index contributed by atoms with van der Waals surface area (Å²) < 4.78 is 39.7. The minimum absolute atomic E-state index is 0.0954. The van der Waals surface area contributed by atoms with E-state index in [0.717, 1.165) is 22.5 Å². The molecule has 4 aromatic rings. The molecule has 0 bridgehead atoms. The Morgan fingerprint density at radius 1 is 0.833 bits per heavy atom. The van der Waals surface area contributed by atoms with Crippen LogP contribution in [0.1, 0.15) is 11.1 Å². The number of carbonyl (C=O) groups is 1. The molecule has 0 radical (unpaired) electrons. The van der Waals surface area contributed by atoms with Crippen LogP contribution in [-0.2, 0) is 27.7 Å². The van der Waals surface area contributed by atoms with Crippen LogP contribution in [0, 0.1) is 0 Å². The maximum absolute atomic E-state index is 13.7. The quantitative estimate of drug-likeness (QED) is 0.420. The largest absolute Gasteiger partial charge is 0.486 e. The van der Waals surface area contributed by atoms with Crippen LogP contribution < -0.4 is 19.1 Å². The first kappa shape index (κ1) is 22.4. The van der Waals surface area contributed by atoms with Gasteiger partial charge in [-0.15, -0.1) is 0 Å². The number of amides is 1. The molecule has 0 saturated carbocycles. The fourth-order valence-electron chi connectivity index (χ4n) is 4.90. The van der Waals surface area contributed by atoms with Crippen molar-refractivity contribution in [1.29, 1.82) is 0 Å². The fraction of sp³-hybridized carbons (Fsp3) is 0.179. The molecule has 6 rings (SSSR count). The van der Waals surface area contributed by atoms with Crippen LogP contribution in [0.2, 0.25) is 0 Å². The number of hydrogen-bond acceptors (Lipinski definition) is 5. The van der Waals surface area contributed by atoms with Gasteiger partial charge in [0.25, 0.3) is 10.0 Å². The number of nitrogens with zero attached hydrogens (tertiary/aromatic N) is 1. The van der Waals surface area contributed by atoms with E-state index in [9.17, 15) is 13.2 Å². The third kappa shape index (κ3) is 3.93. The van der Waals surface area contributed by atoms with Crippen LogP contribution in [-0.4, -0.2) is 34.1 Å². The van der Waals surface area contributed by atoms with Gasteiger partial charge in [-0.1, -0.05) is 42.5 Å². The summed E-state index contributed by atoms with van der Waals surface area (Å²) in [7, 11) is -4.04. The van der Waals surface area contributed by atoms with Crippen LogP contribution in [0.25, 0.3) is 10.8 Å². The number of nitrogens with one attached hydrogen (secondary N) is 1. The van der Waals surface area contributed by atoms with E-state index in [1.54, 1.807) is 36.4 Å². The van der Waals surface area contributed by atoms with Gasteiger partial charge in [-0.2, -0.15) is 0 Å². The second-order valence-corrected chi connectivity index (χ2v) is 10.7. The number of rotatable bonds is 6. The van der Waals surface area contributed by atoms with Gasteiger partial charge in [0, 0.05) is 17.1 Å². The third-order valence-corrected chi connectivity index (χ3v) is 8.37. The van der Waals surface area contributed by atoms with Crippen molar-refractivity contribution in [3.05, 3.63) is 90.0 Å². The maximum Gasteiger partial charge on any atom is 0.264 e. The number of ether oxygens (including phenoxy) is 2. The molecular weight excluding hydrogens is 476 g/mol. The zero-order chi connectivity index (χ0) is 24.7. The van der Waals surface area contributed by atoms with Crippen LogP contribution in [0.4, 0.5) is 11.4 Å². The van der Waals surface area contributed by atoms with E-state index in [1.807, 2.05) is 24.3 Å². The molecule has 1 heterocycles. The molecule has 182 valence electrons. The second-order valence-electron chi connectivity index (χ2n) is 8.81. The molecule has 0 spiro atoms. The van der Waals surface area contributed by atoms with Gasteiger partial charge in [-0.3, -0.25) is 9.10 Å². The van der Waals surface area contributed by atoms with Crippen molar-refractivity contribution < 1.29 is 22.7 Å². The number of hydrogen-bond donors (Lipinski definition) is 1. The van der Waals surface area contributed by atoms with E-state index in [-0.39, 0.29) is 4.90 Å². The second kappa shape index (κ2) is 8.87. The van der Waals surface area contributed by atoms with Crippen molar-refractivity contribution in [2.75, 3.05) is 29.4 Å². The summed E-state index contributed by atoms with van der Waals surface area (Å²) in [6.07, 6.45) is 1.97. The number of anilines is 2. The molecule has 7 nitrogen and oxygen atoms in total. The zero-order valence-corrected chi connectivity index (χ0v) is 20.3. The minimum atomic E-state index is -4.04. The molecule has 1 N–H and O–H groups in total. The Labute approximate surface area is 209 Å². The van der Waals surface area contributed by atoms with Crippen molar-refractivity contribution in [3.8, 4) is 11.5 Å². The Morgan fingerprint density at radius 3 is 2.39 bits per heavy atom. The molecule has 0 saturated heterocycles. The monoisotopic (exact) mass is 500 g/mol. The molecule has 0 atom stereocenters. The maximum atomic E-state index is 13.7. The topological polar surface area (TPSA) is 84.9 Å². The summed E-state index contributed by atoms with van der Waals surface area (Å²) in [5, 5.41) is 5.09. The first-order valence-electron chi connectivity index (χ1n) is 11.8. The van der Waals surface area contributed by atoms with Crippen LogP contribution in [0.5, 0.6) is 11.5 Å². The Morgan fingerprint density at radius 2 is 1.58 bits per heavy atom. The first-order chi connectivity index (χ1) is 17.5. The lowest BCUT2D eigenvalue weighted by Crippen LogP contribution is -2.38. The van der Waals surface area contributed by atoms with Gasteiger partial charge in [-0.05, 0) is 59.7 Å². The molecule has 8 heteroatoms. The predicted molar refractivity (Wildman–Crippen MR) is 138 cm³/mol. The molecule has 0 aromatic heterocycles. The molecule has 1 amide bonds. The van der Waals surface area contributed by atoms with Gasteiger partial charge < -0.3 is 14.8 Å². The normalized spacial score (nSPS) is 14.0. The van der Waals surface area contributed by atoms with E-state index in [1.165, 1.54) is 28.6 Å². The highest BCUT2D eigenvalue weighted by Gasteiger charge is 2.29. The summed E-state index contributed by atoms with van der Waals surface area (Å²) in [5.41, 5.74) is 3.52. The summed E-state index contributed by atoms with van der Waals surface area (Å²) >= 11 is 0. The molecule has 0 unspecified atom stereocenters. The van der Waals surface area contributed by atoms with Gasteiger partial charge in [-0.25, -0.2) is 8.42 Å². The molecular formula is C28H24N2O5S. The molecule has 4 aromatic carbocycles. The predicted octanol–water partition coefficient (Wildman–Crippen LogP) is 4.54.